The van der Waals surface area contributed by atoms with Gasteiger partial charge in [-0.1, -0.05) is 23.7 Å². The van der Waals surface area contributed by atoms with Crippen LogP contribution in [0.5, 0.6) is 0 Å². The Labute approximate surface area is 163 Å². The molecule has 1 aromatic heterocycles. The van der Waals surface area contributed by atoms with E-state index in [0.29, 0.717) is 10.6 Å². The van der Waals surface area contributed by atoms with Crippen molar-refractivity contribution in [1.82, 2.24) is 9.88 Å². The maximum absolute atomic E-state index is 13.0. The molecule has 0 saturated carbocycles. The fraction of sp³-hybridized carbons (Fsp3) is 0. The Morgan fingerprint density at radius 3 is 2.36 bits per heavy atom. The average molecular weight is 394 g/mol. The molecule has 3 aromatic rings. The summed E-state index contributed by atoms with van der Waals surface area (Å²) in [5.41, 5.74) is 6.07. The van der Waals surface area contributed by atoms with E-state index in [1.165, 1.54) is 0 Å². The lowest BCUT2D eigenvalue weighted by molar-refractivity contribution is 0.0879. The third-order valence-corrected chi connectivity index (χ3v) is 4.70. The van der Waals surface area contributed by atoms with E-state index in [1.54, 1.807) is 48.5 Å². The maximum Gasteiger partial charge on any atom is 0.262 e. The number of carbonyl (C=O) groups excluding carboxylic acids is 3. The van der Waals surface area contributed by atoms with Gasteiger partial charge < -0.3 is 5.73 Å². The summed E-state index contributed by atoms with van der Waals surface area (Å²) in [7, 11) is 0. The molecule has 0 spiro atoms. The molecule has 0 atom stereocenters. The summed E-state index contributed by atoms with van der Waals surface area (Å²) in [6, 6.07) is 13.7. The van der Waals surface area contributed by atoms with E-state index >= 15 is 0 Å². The van der Waals surface area contributed by atoms with Gasteiger partial charge in [0.25, 0.3) is 17.4 Å². The minimum absolute atomic E-state index is 0.0785. The van der Waals surface area contributed by atoms with Crippen molar-refractivity contribution in [3.63, 3.8) is 0 Å². The molecule has 0 saturated heterocycles. The number of imide groups is 1. The normalized spacial score (nSPS) is 12.6. The molecule has 0 aliphatic carbocycles. The lowest BCUT2D eigenvalue weighted by Crippen LogP contribution is -2.25. The van der Waals surface area contributed by atoms with Crippen molar-refractivity contribution in [2.75, 3.05) is 5.73 Å². The molecule has 3 N–H and O–H groups in total. The molecule has 0 unspecified atom stereocenters. The van der Waals surface area contributed by atoms with Gasteiger partial charge >= 0.3 is 0 Å². The van der Waals surface area contributed by atoms with Crippen molar-refractivity contribution >= 4 is 35.0 Å². The lowest BCUT2D eigenvalue weighted by Gasteiger charge is -2.15. The Bertz CT molecular complexity index is 1230. The summed E-state index contributed by atoms with van der Waals surface area (Å²) in [6.07, 6.45) is 0. The van der Waals surface area contributed by atoms with E-state index in [4.69, 9.17) is 17.3 Å². The number of hydrogen-bond donors (Lipinski definition) is 2. The van der Waals surface area contributed by atoms with Crippen molar-refractivity contribution in [1.29, 1.82) is 0 Å². The Kier molecular flexibility index (Phi) is 4.09. The molecule has 1 aliphatic rings. The van der Waals surface area contributed by atoms with Gasteiger partial charge in [0.05, 0.1) is 16.8 Å². The number of fused-ring (bicyclic) bond motifs is 1. The van der Waals surface area contributed by atoms with Gasteiger partial charge in [-0.3, -0.25) is 29.1 Å². The Morgan fingerprint density at radius 1 is 0.964 bits per heavy atom. The van der Waals surface area contributed by atoms with Crippen molar-refractivity contribution in [3.05, 3.63) is 92.2 Å². The lowest BCUT2D eigenvalue weighted by atomic mass is 10.0. The number of amides is 2. The summed E-state index contributed by atoms with van der Waals surface area (Å²) >= 11 is 5.87. The van der Waals surface area contributed by atoms with E-state index in [-0.39, 0.29) is 34.0 Å². The Hall–Kier alpha value is -3.71. The van der Waals surface area contributed by atoms with Crippen LogP contribution in [0.1, 0.15) is 36.6 Å². The van der Waals surface area contributed by atoms with E-state index in [1.807, 2.05) is 0 Å². The standard InChI is InChI=1S/C20H12ClN3O4/c21-11-7-5-10(6-8-11)17(26)12-3-1-2-4-14(12)24-15(25)9-13-16(18(24)22)20(28)23-19(13)27/h1-9H,22H2,(H,23,27,28). The number of nitrogen functional groups attached to an aromatic ring is 1. The highest BCUT2D eigenvalue weighted by Gasteiger charge is 2.32. The number of aromatic nitrogens is 1. The predicted octanol–water partition coefficient (Wildman–Crippen LogP) is 2.19. The Balaban J connectivity index is 1.93. The molecule has 2 heterocycles. The fourth-order valence-corrected chi connectivity index (χ4v) is 3.27. The number of anilines is 1. The van der Waals surface area contributed by atoms with Gasteiger partial charge in [0, 0.05) is 22.2 Å². The molecule has 7 nitrogen and oxygen atoms in total. The van der Waals surface area contributed by atoms with Crippen molar-refractivity contribution in [2.24, 2.45) is 0 Å². The van der Waals surface area contributed by atoms with Crippen LogP contribution < -0.4 is 16.6 Å². The minimum Gasteiger partial charge on any atom is -0.384 e. The van der Waals surface area contributed by atoms with Gasteiger partial charge in [0.15, 0.2) is 5.78 Å². The Morgan fingerprint density at radius 2 is 1.64 bits per heavy atom. The quantitative estimate of drug-likeness (QED) is 0.523. The molecule has 8 heteroatoms. The van der Waals surface area contributed by atoms with Crippen LogP contribution >= 0.6 is 11.6 Å². The molecular weight excluding hydrogens is 382 g/mol. The van der Waals surface area contributed by atoms with E-state index in [9.17, 15) is 19.2 Å². The second-order valence-corrected chi connectivity index (χ2v) is 6.56. The first-order valence-electron chi connectivity index (χ1n) is 8.19. The summed E-state index contributed by atoms with van der Waals surface area (Å²) in [6.45, 7) is 0. The second kappa shape index (κ2) is 6.47. The van der Waals surface area contributed by atoms with Gasteiger partial charge in [-0.05, 0) is 36.4 Å². The molecular formula is C20H12ClN3O4. The van der Waals surface area contributed by atoms with Crippen molar-refractivity contribution in [2.45, 2.75) is 0 Å². The summed E-state index contributed by atoms with van der Waals surface area (Å²) < 4.78 is 1.06. The number of nitrogens with zero attached hydrogens (tertiary/aromatic N) is 1. The van der Waals surface area contributed by atoms with Crippen LogP contribution in [0.15, 0.2) is 59.4 Å². The molecule has 28 heavy (non-hydrogen) atoms. The number of para-hydroxylation sites is 1. The fourth-order valence-electron chi connectivity index (χ4n) is 3.15. The zero-order valence-corrected chi connectivity index (χ0v) is 15.0. The van der Waals surface area contributed by atoms with Gasteiger partial charge in [-0.25, -0.2) is 0 Å². The van der Waals surface area contributed by atoms with Crippen LogP contribution in [0.4, 0.5) is 5.82 Å². The first-order valence-corrected chi connectivity index (χ1v) is 8.57. The summed E-state index contributed by atoms with van der Waals surface area (Å²) in [5, 5.41) is 2.59. The molecule has 0 fully saturated rings. The number of halogens is 1. The van der Waals surface area contributed by atoms with E-state index in [2.05, 4.69) is 5.32 Å². The third kappa shape index (κ3) is 2.69. The highest BCUT2D eigenvalue weighted by atomic mass is 35.5. The highest BCUT2D eigenvalue weighted by molar-refractivity contribution is 6.30. The number of nitrogens with one attached hydrogen (secondary N) is 1. The minimum atomic E-state index is -0.687. The molecule has 2 amide bonds. The van der Waals surface area contributed by atoms with Crippen LogP contribution in [-0.2, 0) is 0 Å². The molecule has 2 aromatic carbocycles. The topological polar surface area (TPSA) is 111 Å². The second-order valence-electron chi connectivity index (χ2n) is 6.13. The van der Waals surface area contributed by atoms with Crippen LogP contribution in [0, 0.1) is 0 Å². The number of hydrogen-bond acceptors (Lipinski definition) is 5. The van der Waals surface area contributed by atoms with Gasteiger partial charge in [-0.2, -0.15) is 0 Å². The number of rotatable bonds is 3. The van der Waals surface area contributed by atoms with Gasteiger partial charge in [0.2, 0.25) is 0 Å². The summed E-state index contributed by atoms with van der Waals surface area (Å²) in [4.78, 5) is 49.5. The molecule has 0 radical (unpaired) electrons. The van der Waals surface area contributed by atoms with Crippen molar-refractivity contribution in [3.8, 4) is 5.69 Å². The van der Waals surface area contributed by atoms with E-state index < -0.39 is 17.4 Å². The molecule has 1 aliphatic heterocycles. The number of ketones is 1. The van der Waals surface area contributed by atoms with Crippen LogP contribution in [0.25, 0.3) is 5.69 Å². The monoisotopic (exact) mass is 393 g/mol. The van der Waals surface area contributed by atoms with Gasteiger partial charge in [-0.15, -0.1) is 0 Å². The zero-order chi connectivity index (χ0) is 20.0. The smallest absolute Gasteiger partial charge is 0.262 e. The molecule has 138 valence electrons. The predicted molar refractivity (Wildman–Crippen MR) is 103 cm³/mol. The van der Waals surface area contributed by atoms with Crippen LogP contribution in [0.3, 0.4) is 0 Å². The number of pyridine rings is 1. The SMILES string of the molecule is Nc1c2c(cc(=O)n1-c1ccccc1C(=O)c1ccc(Cl)cc1)C(=O)NC2=O. The number of nitrogens with two attached hydrogens (primary N) is 1. The van der Waals surface area contributed by atoms with Gasteiger partial charge in [0.1, 0.15) is 5.82 Å². The van der Waals surface area contributed by atoms with Crippen LogP contribution in [-0.4, -0.2) is 22.2 Å². The third-order valence-electron chi connectivity index (χ3n) is 4.45. The first-order chi connectivity index (χ1) is 13.4. The number of benzene rings is 2. The average Bonchev–Trinajstić information content (AvgIpc) is 2.96. The highest BCUT2D eigenvalue weighted by Crippen LogP contribution is 2.25. The first kappa shape index (κ1) is 17.7. The largest absolute Gasteiger partial charge is 0.384 e. The molecule has 0 bridgehead atoms. The van der Waals surface area contributed by atoms with E-state index in [0.717, 1.165) is 10.6 Å². The van der Waals surface area contributed by atoms with Crippen molar-refractivity contribution < 1.29 is 14.4 Å². The molecule has 4 rings (SSSR count). The number of carbonyl (C=O) groups is 3. The van der Waals surface area contributed by atoms with Crippen LogP contribution in [0.2, 0.25) is 5.02 Å². The maximum atomic E-state index is 13.0. The summed E-state index contributed by atoms with van der Waals surface area (Å²) in [5.74, 6) is -1.92. The zero-order valence-electron chi connectivity index (χ0n) is 14.2.